The molecule has 1 unspecified atom stereocenters. The molecule has 1 fully saturated rings. The van der Waals surface area contributed by atoms with E-state index in [4.69, 9.17) is 0 Å². The third-order valence-electron chi connectivity index (χ3n) is 4.86. The number of hydrogen-bond acceptors (Lipinski definition) is 1. The van der Waals surface area contributed by atoms with Gasteiger partial charge in [-0.2, -0.15) is 0 Å². The molecule has 0 amide bonds. The van der Waals surface area contributed by atoms with Crippen LogP contribution in [0.25, 0.3) is 0 Å². The Labute approximate surface area is 114 Å². The summed E-state index contributed by atoms with van der Waals surface area (Å²) in [6.45, 7) is 11.0. The molecule has 1 atom stereocenters. The summed E-state index contributed by atoms with van der Waals surface area (Å²) in [4.78, 5) is 0. The molecule has 1 saturated carbocycles. The van der Waals surface area contributed by atoms with Crippen LogP contribution in [0.1, 0.15) is 65.7 Å². The highest BCUT2D eigenvalue weighted by molar-refractivity contribution is 4.85. The van der Waals surface area contributed by atoms with Gasteiger partial charge < -0.3 is 5.32 Å². The van der Waals surface area contributed by atoms with Gasteiger partial charge in [0.2, 0.25) is 0 Å². The molecule has 1 rings (SSSR count). The van der Waals surface area contributed by atoms with E-state index in [9.17, 15) is 0 Å². The maximum Gasteiger partial charge on any atom is 0.00924 e. The number of nitrogens with one attached hydrogen (secondary N) is 1. The number of rotatable bonds is 6. The van der Waals surface area contributed by atoms with Gasteiger partial charge >= 0.3 is 0 Å². The Balaban J connectivity index is 2.37. The Morgan fingerprint density at radius 3 is 2.28 bits per heavy atom. The van der Waals surface area contributed by atoms with E-state index < -0.39 is 0 Å². The Kier molecular flexibility index (Phi) is 6.42. The lowest BCUT2D eigenvalue weighted by Crippen LogP contribution is -2.37. The van der Waals surface area contributed by atoms with Crippen LogP contribution < -0.4 is 5.32 Å². The zero-order chi connectivity index (χ0) is 13.6. The molecule has 1 N–H and O–H groups in total. The first-order valence-electron chi connectivity index (χ1n) is 7.77. The molecule has 0 radical (unpaired) electrons. The van der Waals surface area contributed by atoms with E-state index in [1.807, 2.05) is 6.08 Å². The summed E-state index contributed by atoms with van der Waals surface area (Å²) in [6, 6.07) is 0.728. The van der Waals surface area contributed by atoms with E-state index in [-0.39, 0.29) is 0 Å². The second-order valence-electron chi connectivity index (χ2n) is 7.09. The van der Waals surface area contributed by atoms with Gasteiger partial charge in [0.15, 0.2) is 0 Å². The van der Waals surface area contributed by atoms with E-state index >= 15 is 0 Å². The van der Waals surface area contributed by atoms with Gasteiger partial charge in [-0.05, 0) is 69.2 Å². The lowest BCUT2D eigenvalue weighted by Gasteiger charge is -2.39. The molecular weight excluding hydrogens is 218 g/mol. The van der Waals surface area contributed by atoms with Gasteiger partial charge in [0.1, 0.15) is 0 Å². The second-order valence-corrected chi connectivity index (χ2v) is 7.09. The summed E-state index contributed by atoms with van der Waals surface area (Å²) in [7, 11) is 2.13. The largest absolute Gasteiger partial charge is 0.317 e. The van der Waals surface area contributed by atoms with Gasteiger partial charge in [-0.25, -0.2) is 0 Å². The molecule has 0 aliphatic heterocycles. The molecule has 18 heavy (non-hydrogen) atoms. The van der Waals surface area contributed by atoms with Crippen molar-refractivity contribution in [3.05, 3.63) is 12.7 Å². The van der Waals surface area contributed by atoms with Crippen molar-refractivity contribution < 1.29 is 0 Å². The van der Waals surface area contributed by atoms with Gasteiger partial charge in [-0.3, -0.25) is 0 Å². The fourth-order valence-corrected chi connectivity index (χ4v) is 3.49. The Morgan fingerprint density at radius 2 is 1.83 bits per heavy atom. The van der Waals surface area contributed by atoms with Crippen molar-refractivity contribution in [2.75, 3.05) is 7.05 Å². The van der Waals surface area contributed by atoms with Crippen molar-refractivity contribution >= 4 is 0 Å². The van der Waals surface area contributed by atoms with Crippen LogP contribution in [0.3, 0.4) is 0 Å². The van der Waals surface area contributed by atoms with Crippen LogP contribution in [0.15, 0.2) is 12.7 Å². The highest BCUT2D eigenvalue weighted by atomic mass is 14.9. The standard InChI is InChI=1S/C17H33N/c1-6-7-8-9-16(18-5)14-10-12-15(13-11-14)17(2,3)4/h6,14-16,18H,1,7-13H2,2-5H3. The van der Waals surface area contributed by atoms with Gasteiger partial charge in [-0.1, -0.05) is 26.8 Å². The van der Waals surface area contributed by atoms with E-state index in [2.05, 4.69) is 39.7 Å². The summed E-state index contributed by atoms with van der Waals surface area (Å²) in [5, 5.41) is 3.55. The minimum atomic E-state index is 0.503. The van der Waals surface area contributed by atoms with Gasteiger partial charge in [0.05, 0.1) is 0 Å². The Hall–Kier alpha value is -0.300. The normalized spacial score (nSPS) is 26.9. The fraction of sp³-hybridized carbons (Fsp3) is 0.882. The smallest absolute Gasteiger partial charge is 0.00924 e. The van der Waals surface area contributed by atoms with Crippen LogP contribution in [0.5, 0.6) is 0 Å². The summed E-state index contributed by atoms with van der Waals surface area (Å²) in [5.41, 5.74) is 0.503. The highest BCUT2D eigenvalue weighted by Crippen LogP contribution is 2.41. The molecule has 1 aliphatic carbocycles. The summed E-state index contributed by atoms with van der Waals surface area (Å²) in [5.74, 6) is 1.83. The molecule has 0 aromatic rings. The van der Waals surface area contributed by atoms with Gasteiger partial charge in [-0.15, -0.1) is 6.58 Å². The minimum Gasteiger partial charge on any atom is -0.317 e. The maximum atomic E-state index is 3.81. The first-order valence-corrected chi connectivity index (χ1v) is 7.77. The molecule has 106 valence electrons. The summed E-state index contributed by atoms with van der Waals surface area (Å²) < 4.78 is 0. The predicted octanol–water partition coefficient (Wildman–Crippen LogP) is 4.78. The van der Waals surface area contributed by atoms with Crippen LogP contribution >= 0.6 is 0 Å². The monoisotopic (exact) mass is 251 g/mol. The van der Waals surface area contributed by atoms with Gasteiger partial charge in [0, 0.05) is 6.04 Å². The summed E-state index contributed by atoms with van der Waals surface area (Å²) >= 11 is 0. The molecule has 0 saturated heterocycles. The maximum absolute atomic E-state index is 3.81. The zero-order valence-corrected chi connectivity index (χ0v) is 13.0. The topological polar surface area (TPSA) is 12.0 Å². The van der Waals surface area contributed by atoms with Crippen LogP contribution in [0, 0.1) is 17.3 Å². The van der Waals surface area contributed by atoms with Crippen LogP contribution in [0.2, 0.25) is 0 Å². The third kappa shape index (κ3) is 4.76. The Morgan fingerprint density at radius 1 is 1.22 bits per heavy atom. The zero-order valence-electron chi connectivity index (χ0n) is 13.0. The van der Waals surface area contributed by atoms with Crippen molar-refractivity contribution in [2.24, 2.45) is 17.3 Å². The van der Waals surface area contributed by atoms with E-state index in [1.165, 1.54) is 38.5 Å². The van der Waals surface area contributed by atoms with Crippen LogP contribution in [0.4, 0.5) is 0 Å². The fourth-order valence-electron chi connectivity index (χ4n) is 3.49. The predicted molar refractivity (Wildman–Crippen MR) is 81.8 cm³/mol. The molecule has 1 heteroatoms. The van der Waals surface area contributed by atoms with Crippen molar-refractivity contribution in [1.29, 1.82) is 0 Å². The van der Waals surface area contributed by atoms with E-state index in [1.54, 1.807) is 0 Å². The number of unbranched alkanes of at least 4 members (excludes halogenated alkanes) is 1. The first kappa shape index (κ1) is 15.8. The lowest BCUT2D eigenvalue weighted by atomic mass is 9.68. The molecule has 0 aromatic carbocycles. The Bertz CT molecular complexity index is 230. The lowest BCUT2D eigenvalue weighted by molar-refractivity contribution is 0.131. The average molecular weight is 251 g/mol. The van der Waals surface area contributed by atoms with E-state index in [0.717, 1.165) is 24.3 Å². The molecule has 1 aliphatic rings. The SMILES string of the molecule is C=CCCCC(NC)C1CCC(C(C)(C)C)CC1. The van der Waals surface area contributed by atoms with Crippen molar-refractivity contribution in [1.82, 2.24) is 5.32 Å². The first-order chi connectivity index (χ1) is 8.49. The van der Waals surface area contributed by atoms with Gasteiger partial charge in [0.25, 0.3) is 0 Å². The minimum absolute atomic E-state index is 0.503. The molecule has 0 spiro atoms. The van der Waals surface area contributed by atoms with Crippen molar-refractivity contribution in [3.63, 3.8) is 0 Å². The second kappa shape index (κ2) is 7.33. The van der Waals surface area contributed by atoms with Crippen molar-refractivity contribution in [3.8, 4) is 0 Å². The third-order valence-corrected chi connectivity index (χ3v) is 4.86. The van der Waals surface area contributed by atoms with Crippen molar-refractivity contribution in [2.45, 2.75) is 71.8 Å². The molecule has 0 bridgehead atoms. The average Bonchev–Trinajstić information content (AvgIpc) is 2.34. The number of hydrogen-bond donors (Lipinski definition) is 1. The van der Waals surface area contributed by atoms with Crippen LogP contribution in [-0.4, -0.2) is 13.1 Å². The highest BCUT2D eigenvalue weighted by Gasteiger charge is 2.32. The number of allylic oxidation sites excluding steroid dienone is 1. The molecular formula is C17H33N. The molecule has 1 nitrogen and oxygen atoms in total. The molecule has 0 heterocycles. The van der Waals surface area contributed by atoms with Crippen LogP contribution in [-0.2, 0) is 0 Å². The van der Waals surface area contributed by atoms with E-state index in [0.29, 0.717) is 5.41 Å². The summed E-state index contributed by atoms with van der Waals surface area (Å²) in [6.07, 6.45) is 11.5. The quantitative estimate of drug-likeness (QED) is 0.529. The molecule has 0 aromatic heterocycles.